The van der Waals surface area contributed by atoms with Gasteiger partial charge in [-0.2, -0.15) is 5.26 Å². The van der Waals surface area contributed by atoms with Crippen molar-refractivity contribution >= 4 is 15.9 Å². The van der Waals surface area contributed by atoms with Crippen molar-refractivity contribution < 1.29 is 0 Å². The van der Waals surface area contributed by atoms with Gasteiger partial charge in [-0.05, 0) is 34.0 Å². The van der Waals surface area contributed by atoms with Crippen molar-refractivity contribution in [1.82, 2.24) is 0 Å². The second-order valence-electron chi connectivity index (χ2n) is 2.24. The van der Waals surface area contributed by atoms with Crippen LogP contribution in [-0.4, -0.2) is 0 Å². The molecule has 0 amide bonds. The van der Waals surface area contributed by atoms with Gasteiger partial charge in [-0.1, -0.05) is 19.1 Å². The van der Waals surface area contributed by atoms with Gasteiger partial charge in [0.05, 0.1) is 5.56 Å². The molecule has 1 aromatic carbocycles. The maximum Gasteiger partial charge on any atom is 0.101 e. The van der Waals surface area contributed by atoms with Crippen LogP contribution >= 0.6 is 15.9 Å². The summed E-state index contributed by atoms with van der Waals surface area (Å²) in [5, 5.41) is 8.75. The largest absolute Gasteiger partial charge is 0.192 e. The Morgan fingerprint density at radius 1 is 1.55 bits per heavy atom. The van der Waals surface area contributed by atoms with E-state index in [4.69, 9.17) is 5.26 Å². The van der Waals surface area contributed by atoms with Crippen LogP contribution in [0.25, 0.3) is 0 Å². The fourth-order valence-electron chi connectivity index (χ4n) is 0.989. The Bertz CT molecular complexity index is 299. The zero-order chi connectivity index (χ0) is 8.27. The number of hydrogen-bond acceptors (Lipinski definition) is 1. The molecule has 0 aliphatic heterocycles. The first-order valence-electron chi connectivity index (χ1n) is 3.47. The Balaban J connectivity index is 3.27. The van der Waals surface area contributed by atoms with Gasteiger partial charge in [0.1, 0.15) is 6.07 Å². The third-order valence-corrected chi connectivity index (χ3v) is 2.25. The van der Waals surface area contributed by atoms with Crippen LogP contribution in [0.3, 0.4) is 0 Å². The fraction of sp³-hybridized carbons (Fsp3) is 0.222. The number of nitrogens with zero attached hydrogens (tertiary/aromatic N) is 1. The third-order valence-electron chi connectivity index (χ3n) is 1.59. The van der Waals surface area contributed by atoms with E-state index in [1.807, 2.05) is 25.1 Å². The van der Waals surface area contributed by atoms with Gasteiger partial charge < -0.3 is 0 Å². The molecule has 0 aliphatic rings. The molecule has 0 heterocycles. The molecule has 1 rings (SSSR count). The molecular weight excluding hydrogens is 202 g/mol. The van der Waals surface area contributed by atoms with E-state index < -0.39 is 0 Å². The summed E-state index contributed by atoms with van der Waals surface area (Å²) in [5.41, 5.74) is 1.86. The summed E-state index contributed by atoms with van der Waals surface area (Å²) in [6, 6.07) is 7.98. The van der Waals surface area contributed by atoms with Gasteiger partial charge in [0.25, 0.3) is 0 Å². The van der Waals surface area contributed by atoms with Gasteiger partial charge in [-0.25, -0.2) is 0 Å². The predicted molar refractivity (Wildman–Crippen MR) is 48.2 cm³/mol. The number of nitriles is 1. The summed E-state index contributed by atoms with van der Waals surface area (Å²) < 4.78 is 0.888. The maximum atomic E-state index is 8.75. The average molecular weight is 210 g/mol. The van der Waals surface area contributed by atoms with Gasteiger partial charge in [0.2, 0.25) is 0 Å². The number of rotatable bonds is 1. The summed E-state index contributed by atoms with van der Waals surface area (Å²) in [7, 11) is 0. The van der Waals surface area contributed by atoms with E-state index in [0.29, 0.717) is 0 Å². The molecule has 56 valence electrons. The third kappa shape index (κ3) is 1.61. The van der Waals surface area contributed by atoms with Crippen LogP contribution in [-0.2, 0) is 6.42 Å². The lowest BCUT2D eigenvalue weighted by Crippen LogP contribution is -1.87. The van der Waals surface area contributed by atoms with Gasteiger partial charge in [-0.3, -0.25) is 0 Å². The molecule has 0 aromatic heterocycles. The van der Waals surface area contributed by atoms with Crippen LogP contribution in [0.4, 0.5) is 0 Å². The van der Waals surface area contributed by atoms with Crippen LogP contribution < -0.4 is 0 Å². The molecule has 0 atom stereocenters. The van der Waals surface area contributed by atoms with Crippen molar-refractivity contribution in [2.75, 3.05) is 0 Å². The number of aryl methyl sites for hydroxylation is 1. The molecule has 0 radical (unpaired) electrons. The Morgan fingerprint density at radius 2 is 2.27 bits per heavy atom. The molecule has 2 heteroatoms. The van der Waals surface area contributed by atoms with Crippen LogP contribution in [0.1, 0.15) is 18.1 Å². The second kappa shape index (κ2) is 3.54. The fourth-order valence-corrected chi connectivity index (χ4v) is 1.48. The van der Waals surface area contributed by atoms with Crippen molar-refractivity contribution in [3.63, 3.8) is 0 Å². The lowest BCUT2D eigenvalue weighted by Gasteiger charge is -2.00. The highest BCUT2D eigenvalue weighted by Gasteiger charge is 2.02. The topological polar surface area (TPSA) is 23.8 Å². The lowest BCUT2D eigenvalue weighted by molar-refractivity contribution is 1.12. The molecule has 1 aromatic rings. The van der Waals surface area contributed by atoms with E-state index >= 15 is 0 Å². The molecular formula is C9H8BrN. The zero-order valence-corrected chi connectivity index (χ0v) is 7.85. The van der Waals surface area contributed by atoms with Crippen molar-refractivity contribution in [1.29, 1.82) is 5.26 Å². The van der Waals surface area contributed by atoms with Crippen molar-refractivity contribution in [2.24, 2.45) is 0 Å². The van der Waals surface area contributed by atoms with Crippen LogP contribution in [0.15, 0.2) is 22.7 Å². The molecule has 0 saturated carbocycles. The monoisotopic (exact) mass is 209 g/mol. The van der Waals surface area contributed by atoms with E-state index in [-0.39, 0.29) is 0 Å². The molecule has 0 fully saturated rings. The van der Waals surface area contributed by atoms with Crippen molar-refractivity contribution in [3.8, 4) is 6.07 Å². The standard InChI is InChI=1S/C9H8BrN/c1-2-7-4-3-5-9(10)8(7)6-11/h3-5H,2H2,1H3. The predicted octanol–water partition coefficient (Wildman–Crippen LogP) is 2.88. The Kier molecular flexibility index (Phi) is 2.67. The van der Waals surface area contributed by atoms with Crippen LogP contribution in [0.5, 0.6) is 0 Å². The van der Waals surface area contributed by atoms with E-state index in [0.717, 1.165) is 22.0 Å². The molecule has 0 aliphatic carbocycles. The molecule has 0 N–H and O–H groups in total. The Hall–Kier alpha value is -0.810. The number of benzene rings is 1. The van der Waals surface area contributed by atoms with Gasteiger partial charge in [0, 0.05) is 4.47 Å². The highest BCUT2D eigenvalue weighted by atomic mass is 79.9. The highest BCUT2D eigenvalue weighted by Crippen LogP contribution is 2.19. The first-order valence-corrected chi connectivity index (χ1v) is 4.26. The Labute approximate surface area is 74.8 Å². The van der Waals surface area contributed by atoms with Crippen molar-refractivity contribution in [3.05, 3.63) is 33.8 Å². The normalized spacial score (nSPS) is 9.18. The number of hydrogen-bond donors (Lipinski definition) is 0. The SMILES string of the molecule is CCc1cccc(Br)c1C#N. The molecule has 11 heavy (non-hydrogen) atoms. The molecule has 0 bridgehead atoms. The van der Waals surface area contributed by atoms with Gasteiger partial charge >= 0.3 is 0 Å². The van der Waals surface area contributed by atoms with Crippen molar-refractivity contribution in [2.45, 2.75) is 13.3 Å². The van der Waals surface area contributed by atoms with E-state index in [9.17, 15) is 0 Å². The van der Waals surface area contributed by atoms with E-state index in [2.05, 4.69) is 22.0 Å². The summed E-state index contributed by atoms with van der Waals surface area (Å²) in [6.45, 7) is 2.04. The second-order valence-corrected chi connectivity index (χ2v) is 3.09. The van der Waals surface area contributed by atoms with E-state index in [1.165, 1.54) is 0 Å². The molecule has 1 nitrogen and oxygen atoms in total. The van der Waals surface area contributed by atoms with Crippen LogP contribution in [0, 0.1) is 11.3 Å². The summed E-state index contributed by atoms with van der Waals surface area (Å²) >= 11 is 3.33. The summed E-state index contributed by atoms with van der Waals surface area (Å²) in [5.74, 6) is 0. The maximum absolute atomic E-state index is 8.75. The zero-order valence-electron chi connectivity index (χ0n) is 6.26. The first kappa shape index (κ1) is 8.29. The van der Waals surface area contributed by atoms with Crippen LogP contribution in [0.2, 0.25) is 0 Å². The minimum atomic E-state index is 0.759. The lowest BCUT2D eigenvalue weighted by atomic mass is 10.1. The Morgan fingerprint density at radius 3 is 2.73 bits per heavy atom. The highest BCUT2D eigenvalue weighted by molar-refractivity contribution is 9.10. The number of halogens is 1. The average Bonchev–Trinajstić information content (AvgIpc) is 2.04. The van der Waals surface area contributed by atoms with Gasteiger partial charge in [0.15, 0.2) is 0 Å². The smallest absolute Gasteiger partial charge is 0.101 e. The summed E-state index contributed by atoms with van der Waals surface area (Å²) in [6.07, 6.45) is 0.905. The molecule has 0 unspecified atom stereocenters. The summed E-state index contributed by atoms with van der Waals surface area (Å²) in [4.78, 5) is 0. The minimum absolute atomic E-state index is 0.759. The van der Waals surface area contributed by atoms with Gasteiger partial charge in [-0.15, -0.1) is 0 Å². The minimum Gasteiger partial charge on any atom is -0.192 e. The molecule has 0 saturated heterocycles. The van der Waals surface area contributed by atoms with E-state index in [1.54, 1.807) is 0 Å². The first-order chi connectivity index (χ1) is 5.29. The quantitative estimate of drug-likeness (QED) is 0.699. The molecule has 0 spiro atoms.